The number of amides is 1. The SMILES string of the molecule is CC#CN(C(=O)O)c1ccccc1. The van der Waals surface area contributed by atoms with Crippen LogP contribution in [-0.4, -0.2) is 11.2 Å². The van der Waals surface area contributed by atoms with Crippen LogP contribution in [0.5, 0.6) is 0 Å². The molecule has 0 aliphatic heterocycles. The van der Waals surface area contributed by atoms with Crippen molar-refractivity contribution in [1.29, 1.82) is 0 Å². The molecule has 0 atom stereocenters. The molecule has 66 valence electrons. The molecule has 1 amide bonds. The minimum Gasteiger partial charge on any atom is -0.464 e. The van der Waals surface area contributed by atoms with Crippen molar-refractivity contribution < 1.29 is 9.90 Å². The zero-order valence-corrected chi connectivity index (χ0v) is 7.19. The Morgan fingerprint density at radius 3 is 2.46 bits per heavy atom. The third-order valence-corrected chi connectivity index (χ3v) is 1.43. The van der Waals surface area contributed by atoms with Gasteiger partial charge in [-0.1, -0.05) is 24.1 Å². The Labute approximate surface area is 76.6 Å². The summed E-state index contributed by atoms with van der Waals surface area (Å²) in [5, 5.41) is 8.78. The maximum Gasteiger partial charge on any atom is 0.423 e. The molecule has 0 heterocycles. The van der Waals surface area contributed by atoms with Crippen LogP contribution >= 0.6 is 0 Å². The fraction of sp³-hybridized carbons (Fsp3) is 0.100. The van der Waals surface area contributed by atoms with Gasteiger partial charge in [-0.3, -0.25) is 0 Å². The number of para-hydroxylation sites is 1. The average Bonchev–Trinajstić information content (AvgIpc) is 2.15. The van der Waals surface area contributed by atoms with Crippen LogP contribution in [0.3, 0.4) is 0 Å². The van der Waals surface area contributed by atoms with E-state index < -0.39 is 6.09 Å². The van der Waals surface area contributed by atoms with Crippen molar-refractivity contribution in [1.82, 2.24) is 0 Å². The lowest BCUT2D eigenvalue weighted by Crippen LogP contribution is -2.23. The third kappa shape index (κ3) is 2.24. The minimum absolute atomic E-state index is 0.560. The van der Waals surface area contributed by atoms with Crippen LogP contribution in [0, 0.1) is 12.0 Å². The van der Waals surface area contributed by atoms with Crippen LogP contribution in [0.25, 0.3) is 0 Å². The molecule has 0 saturated carbocycles. The van der Waals surface area contributed by atoms with Gasteiger partial charge in [-0.05, 0) is 19.1 Å². The second-order valence-electron chi connectivity index (χ2n) is 2.32. The lowest BCUT2D eigenvalue weighted by atomic mass is 10.3. The molecule has 1 aromatic carbocycles. The summed E-state index contributed by atoms with van der Waals surface area (Å²) in [7, 11) is 0. The largest absolute Gasteiger partial charge is 0.464 e. The first kappa shape index (κ1) is 9.14. The van der Waals surface area contributed by atoms with E-state index in [1.807, 2.05) is 6.07 Å². The third-order valence-electron chi connectivity index (χ3n) is 1.43. The van der Waals surface area contributed by atoms with Crippen molar-refractivity contribution in [2.75, 3.05) is 4.90 Å². The van der Waals surface area contributed by atoms with Gasteiger partial charge in [0.2, 0.25) is 0 Å². The van der Waals surface area contributed by atoms with E-state index in [-0.39, 0.29) is 0 Å². The predicted octanol–water partition coefficient (Wildman–Crippen LogP) is 2.15. The van der Waals surface area contributed by atoms with Crippen molar-refractivity contribution in [2.24, 2.45) is 0 Å². The van der Waals surface area contributed by atoms with Crippen molar-refractivity contribution in [3.8, 4) is 12.0 Å². The van der Waals surface area contributed by atoms with E-state index in [2.05, 4.69) is 12.0 Å². The molecule has 3 heteroatoms. The topological polar surface area (TPSA) is 40.5 Å². The molecule has 0 unspecified atom stereocenters. The van der Waals surface area contributed by atoms with Crippen LogP contribution in [0.4, 0.5) is 10.5 Å². The van der Waals surface area contributed by atoms with Crippen LogP contribution in [0.15, 0.2) is 30.3 Å². The maximum absolute atomic E-state index is 10.7. The Morgan fingerprint density at radius 1 is 1.38 bits per heavy atom. The number of hydrogen-bond donors (Lipinski definition) is 1. The Bertz CT molecular complexity index is 348. The number of benzene rings is 1. The molecule has 0 bridgehead atoms. The summed E-state index contributed by atoms with van der Waals surface area (Å²) in [5.41, 5.74) is 0.560. The first-order chi connectivity index (χ1) is 6.25. The number of anilines is 1. The normalized spacial score (nSPS) is 8.38. The highest BCUT2D eigenvalue weighted by Gasteiger charge is 2.09. The first-order valence-corrected chi connectivity index (χ1v) is 3.76. The van der Waals surface area contributed by atoms with Gasteiger partial charge in [0.15, 0.2) is 0 Å². The van der Waals surface area contributed by atoms with Gasteiger partial charge in [-0.25, -0.2) is 9.69 Å². The standard InChI is InChI=1S/C10H9NO2/c1-2-8-11(10(12)13)9-6-4-3-5-7-9/h3-7H,1H3,(H,12,13). The van der Waals surface area contributed by atoms with E-state index in [0.29, 0.717) is 5.69 Å². The van der Waals surface area contributed by atoms with Gasteiger partial charge in [-0.2, -0.15) is 0 Å². The molecule has 1 rings (SSSR count). The van der Waals surface area contributed by atoms with Gasteiger partial charge in [0.25, 0.3) is 0 Å². The van der Waals surface area contributed by atoms with Gasteiger partial charge < -0.3 is 5.11 Å². The number of nitrogens with zero attached hydrogens (tertiary/aromatic N) is 1. The number of hydrogen-bond acceptors (Lipinski definition) is 1. The van der Waals surface area contributed by atoms with Crippen LogP contribution < -0.4 is 4.90 Å². The molecule has 0 radical (unpaired) electrons. The summed E-state index contributed by atoms with van der Waals surface area (Å²) in [4.78, 5) is 11.7. The van der Waals surface area contributed by atoms with Crippen LogP contribution in [-0.2, 0) is 0 Å². The van der Waals surface area contributed by atoms with Gasteiger partial charge in [0.05, 0.1) is 5.69 Å². The summed E-state index contributed by atoms with van der Waals surface area (Å²) in [6.45, 7) is 1.60. The molecule has 1 aromatic rings. The summed E-state index contributed by atoms with van der Waals surface area (Å²) < 4.78 is 0. The predicted molar refractivity (Wildman–Crippen MR) is 50.4 cm³/mol. The summed E-state index contributed by atoms with van der Waals surface area (Å²) in [5.74, 6) is 2.54. The van der Waals surface area contributed by atoms with Gasteiger partial charge in [-0.15, -0.1) is 0 Å². The molecular formula is C10H9NO2. The fourth-order valence-electron chi connectivity index (χ4n) is 0.912. The van der Waals surface area contributed by atoms with E-state index in [1.165, 1.54) is 0 Å². The Kier molecular flexibility index (Phi) is 2.93. The number of carbonyl (C=O) groups is 1. The van der Waals surface area contributed by atoms with Crippen LogP contribution in [0.2, 0.25) is 0 Å². The lowest BCUT2D eigenvalue weighted by molar-refractivity contribution is 0.205. The molecule has 0 aliphatic carbocycles. The Balaban J connectivity index is 3.00. The maximum atomic E-state index is 10.7. The zero-order chi connectivity index (χ0) is 9.68. The van der Waals surface area contributed by atoms with Crippen molar-refractivity contribution in [2.45, 2.75) is 6.92 Å². The Morgan fingerprint density at radius 2 is 2.00 bits per heavy atom. The van der Waals surface area contributed by atoms with E-state index in [4.69, 9.17) is 5.11 Å². The summed E-state index contributed by atoms with van der Waals surface area (Å²) in [6, 6.07) is 11.2. The first-order valence-electron chi connectivity index (χ1n) is 3.76. The molecular weight excluding hydrogens is 166 g/mol. The molecule has 0 saturated heterocycles. The highest BCUT2D eigenvalue weighted by molar-refractivity contribution is 5.89. The Hall–Kier alpha value is -1.95. The quantitative estimate of drug-likeness (QED) is 0.524. The molecule has 0 aliphatic rings. The van der Waals surface area contributed by atoms with Gasteiger partial charge in [0, 0.05) is 6.04 Å². The smallest absolute Gasteiger partial charge is 0.423 e. The number of carboxylic acid groups (broad SMARTS) is 1. The highest BCUT2D eigenvalue weighted by Crippen LogP contribution is 2.11. The molecule has 0 aromatic heterocycles. The highest BCUT2D eigenvalue weighted by atomic mass is 16.4. The van der Waals surface area contributed by atoms with Crippen LogP contribution in [0.1, 0.15) is 6.92 Å². The molecule has 0 spiro atoms. The van der Waals surface area contributed by atoms with Gasteiger partial charge in [0.1, 0.15) is 0 Å². The average molecular weight is 175 g/mol. The molecule has 1 N–H and O–H groups in total. The van der Waals surface area contributed by atoms with Gasteiger partial charge >= 0.3 is 6.09 Å². The monoisotopic (exact) mass is 175 g/mol. The fourth-order valence-corrected chi connectivity index (χ4v) is 0.912. The summed E-state index contributed by atoms with van der Waals surface area (Å²) >= 11 is 0. The van der Waals surface area contributed by atoms with Crippen molar-refractivity contribution in [3.05, 3.63) is 30.3 Å². The van der Waals surface area contributed by atoms with E-state index >= 15 is 0 Å². The van der Waals surface area contributed by atoms with Crippen molar-refractivity contribution >= 4 is 11.8 Å². The van der Waals surface area contributed by atoms with E-state index in [9.17, 15) is 4.79 Å². The minimum atomic E-state index is -1.07. The van der Waals surface area contributed by atoms with Crippen molar-refractivity contribution in [3.63, 3.8) is 0 Å². The summed E-state index contributed by atoms with van der Waals surface area (Å²) in [6.07, 6.45) is -1.07. The zero-order valence-electron chi connectivity index (χ0n) is 7.19. The number of rotatable bonds is 1. The van der Waals surface area contributed by atoms with E-state index in [0.717, 1.165) is 4.90 Å². The van der Waals surface area contributed by atoms with E-state index in [1.54, 1.807) is 31.2 Å². The lowest BCUT2D eigenvalue weighted by Gasteiger charge is -2.10. The molecule has 13 heavy (non-hydrogen) atoms. The molecule has 3 nitrogen and oxygen atoms in total. The second-order valence-corrected chi connectivity index (χ2v) is 2.32. The second kappa shape index (κ2) is 4.17. The molecule has 0 fully saturated rings.